The molecule has 0 bridgehead atoms. The second kappa shape index (κ2) is 8.15. The number of oxazole rings is 1. The summed E-state index contributed by atoms with van der Waals surface area (Å²) in [6, 6.07) is 11.4. The third kappa shape index (κ3) is 4.28. The lowest BCUT2D eigenvalue weighted by molar-refractivity contribution is 0.0745. The Bertz CT molecular complexity index is 1300. The quantitative estimate of drug-likeness (QED) is 0.424. The summed E-state index contributed by atoms with van der Waals surface area (Å²) < 4.78 is 7.63. The molecule has 5 rings (SSSR count). The van der Waals surface area contributed by atoms with Crippen LogP contribution in [0.1, 0.15) is 31.1 Å². The Balaban J connectivity index is 1.23. The molecule has 0 atom stereocenters. The topological polar surface area (TPSA) is 93.2 Å². The van der Waals surface area contributed by atoms with E-state index in [0.717, 1.165) is 5.56 Å². The lowest BCUT2D eigenvalue weighted by atomic mass is 10.1. The summed E-state index contributed by atoms with van der Waals surface area (Å²) in [4.78, 5) is 29.9. The van der Waals surface area contributed by atoms with Gasteiger partial charge in [0.1, 0.15) is 11.5 Å². The first kappa shape index (κ1) is 21.4. The van der Waals surface area contributed by atoms with Crippen LogP contribution in [0.3, 0.4) is 0 Å². The van der Waals surface area contributed by atoms with Gasteiger partial charge in [-0.05, 0) is 45.0 Å². The summed E-state index contributed by atoms with van der Waals surface area (Å²) in [5.74, 6) is 0.645. The highest BCUT2D eigenvalue weighted by atomic mass is 35.5. The molecular weight excluding hydrogens is 442 g/mol. The number of rotatable bonds is 3. The maximum absolute atomic E-state index is 13.0. The number of hydrogen-bond acceptors (Lipinski definition) is 7. The minimum Gasteiger partial charge on any atom is -0.422 e. The van der Waals surface area contributed by atoms with Crippen molar-refractivity contribution < 1.29 is 9.21 Å². The van der Waals surface area contributed by atoms with E-state index >= 15 is 0 Å². The minimum absolute atomic E-state index is 0.000365. The predicted octanol–water partition coefficient (Wildman–Crippen LogP) is 3.85. The minimum atomic E-state index is -0.134. The fourth-order valence-corrected chi connectivity index (χ4v) is 3.83. The molecular formula is C23H24ClN7O2. The molecule has 10 heteroatoms. The highest BCUT2D eigenvalue weighted by Gasteiger charge is 2.25. The van der Waals surface area contributed by atoms with E-state index in [4.69, 9.17) is 16.0 Å². The van der Waals surface area contributed by atoms with Crippen LogP contribution in [0.15, 0.2) is 47.1 Å². The van der Waals surface area contributed by atoms with E-state index in [2.05, 4.69) is 40.8 Å². The van der Waals surface area contributed by atoms with E-state index in [-0.39, 0.29) is 11.4 Å². The number of carbonyl (C=O) groups excluding carboxylic acids is 1. The molecule has 1 aromatic carbocycles. The Morgan fingerprint density at radius 3 is 2.39 bits per heavy atom. The summed E-state index contributed by atoms with van der Waals surface area (Å²) >= 11 is 5.93. The number of hydrogen-bond donors (Lipinski definition) is 0. The number of amides is 1. The average Bonchev–Trinajstić information content (AvgIpc) is 3.46. The van der Waals surface area contributed by atoms with Crippen molar-refractivity contribution in [3.05, 3.63) is 53.4 Å². The van der Waals surface area contributed by atoms with E-state index in [0.29, 0.717) is 60.0 Å². The third-order valence-corrected chi connectivity index (χ3v) is 5.83. The Morgan fingerprint density at radius 2 is 1.73 bits per heavy atom. The maximum Gasteiger partial charge on any atom is 0.300 e. The highest BCUT2D eigenvalue weighted by molar-refractivity contribution is 6.29. The van der Waals surface area contributed by atoms with Crippen LogP contribution in [0.4, 0.5) is 6.01 Å². The molecule has 33 heavy (non-hydrogen) atoms. The van der Waals surface area contributed by atoms with Gasteiger partial charge in [-0.2, -0.15) is 10.1 Å². The Labute approximate surface area is 196 Å². The Kier molecular flexibility index (Phi) is 5.28. The Hall–Kier alpha value is -3.46. The SMILES string of the molecule is CC(C)(C)n1cnc(-c2ccc(C(=O)N3CCN(c4nc5nc(Cl)ccc5o4)CC3)cc2)n1. The van der Waals surface area contributed by atoms with Gasteiger partial charge < -0.3 is 14.2 Å². The molecule has 9 nitrogen and oxygen atoms in total. The van der Waals surface area contributed by atoms with Gasteiger partial charge in [-0.3, -0.25) is 4.79 Å². The summed E-state index contributed by atoms with van der Waals surface area (Å²) in [6.07, 6.45) is 1.73. The fraction of sp³-hybridized carbons (Fsp3) is 0.348. The van der Waals surface area contributed by atoms with Gasteiger partial charge in [0.05, 0.1) is 5.54 Å². The van der Waals surface area contributed by atoms with Gasteiger partial charge in [-0.1, -0.05) is 23.7 Å². The first-order valence-electron chi connectivity index (χ1n) is 10.8. The van der Waals surface area contributed by atoms with Gasteiger partial charge in [0.15, 0.2) is 11.4 Å². The van der Waals surface area contributed by atoms with Crippen LogP contribution in [-0.2, 0) is 5.54 Å². The van der Waals surface area contributed by atoms with Crippen LogP contribution in [0.25, 0.3) is 22.6 Å². The zero-order valence-electron chi connectivity index (χ0n) is 18.7. The molecule has 0 unspecified atom stereocenters. The van der Waals surface area contributed by atoms with Crippen LogP contribution in [0.2, 0.25) is 5.15 Å². The number of pyridine rings is 1. The molecule has 0 saturated carbocycles. The van der Waals surface area contributed by atoms with Gasteiger partial charge in [0.2, 0.25) is 5.65 Å². The van der Waals surface area contributed by atoms with Gasteiger partial charge in [0.25, 0.3) is 11.9 Å². The zero-order chi connectivity index (χ0) is 23.2. The fourth-order valence-electron chi connectivity index (χ4n) is 3.68. The number of fused-ring (bicyclic) bond motifs is 1. The molecule has 0 spiro atoms. The number of halogens is 1. The van der Waals surface area contributed by atoms with E-state index in [1.165, 1.54) is 0 Å². The van der Waals surface area contributed by atoms with Gasteiger partial charge in [-0.15, -0.1) is 0 Å². The second-order valence-electron chi connectivity index (χ2n) is 8.99. The van der Waals surface area contributed by atoms with Crippen molar-refractivity contribution in [3.8, 4) is 11.4 Å². The summed E-state index contributed by atoms with van der Waals surface area (Å²) in [5, 5.41) is 4.93. The summed E-state index contributed by atoms with van der Waals surface area (Å²) in [7, 11) is 0. The average molecular weight is 466 g/mol. The smallest absolute Gasteiger partial charge is 0.300 e. The van der Waals surface area contributed by atoms with Crippen molar-refractivity contribution in [3.63, 3.8) is 0 Å². The first-order chi connectivity index (χ1) is 15.8. The van der Waals surface area contributed by atoms with Crippen molar-refractivity contribution in [1.82, 2.24) is 29.6 Å². The molecule has 4 aromatic rings. The maximum atomic E-state index is 13.0. The van der Waals surface area contributed by atoms with Crippen molar-refractivity contribution in [1.29, 1.82) is 0 Å². The van der Waals surface area contributed by atoms with Crippen LogP contribution in [-0.4, -0.2) is 61.7 Å². The van der Waals surface area contributed by atoms with Crippen LogP contribution in [0, 0.1) is 0 Å². The highest BCUT2D eigenvalue weighted by Crippen LogP contribution is 2.24. The number of anilines is 1. The predicted molar refractivity (Wildman–Crippen MR) is 125 cm³/mol. The normalized spacial score (nSPS) is 14.8. The molecule has 0 aliphatic carbocycles. The van der Waals surface area contributed by atoms with Crippen LogP contribution < -0.4 is 4.90 Å². The molecule has 170 valence electrons. The number of carbonyl (C=O) groups is 1. The van der Waals surface area contributed by atoms with Crippen LogP contribution in [0.5, 0.6) is 0 Å². The first-order valence-corrected chi connectivity index (χ1v) is 11.2. The molecule has 3 aromatic heterocycles. The van der Waals surface area contributed by atoms with E-state index in [9.17, 15) is 4.79 Å². The summed E-state index contributed by atoms with van der Waals surface area (Å²) in [6.45, 7) is 8.62. The number of nitrogens with zero attached hydrogens (tertiary/aromatic N) is 7. The molecule has 1 amide bonds. The standard InChI is InChI=1S/C23H24ClN7O2/c1-23(2,3)31-14-25-19(28-31)15-4-6-16(7-5-15)21(32)29-10-12-30(13-11-29)22-27-20-17(33-22)8-9-18(24)26-20/h4-9,14H,10-13H2,1-3H3. The second-order valence-corrected chi connectivity index (χ2v) is 9.38. The van der Waals surface area contributed by atoms with Gasteiger partial charge >= 0.3 is 0 Å². The molecule has 4 heterocycles. The van der Waals surface area contributed by atoms with Gasteiger partial charge in [0, 0.05) is 37.3 Å². The molecule has 1 saturated heterocycles. The monoisotopic (exact) mass is 465 g/mol. The summed E-state index contributed by atoms with van der Waals surface area (Å²) in [5.41, 5.74) is 2.46. The van der Waals surface area contributed by atoms with Crippen LogP contribution >= 0.6 is 11.6 Å². The zero-order valence-corrected chi connectivity index (χ0v) is 19.5. The Morgan fingerprint density at radius 1 is 1.00 bits per heavy atom. The van der Waals surface area contributed by atoms with E-state index in [1.807, 2.05) is 38.7 Å². The van der Waals surface area contributed by atoms with Crippen molar-refractivity contribution in [2.45, 2.75) is 26.3 Å². The third-order valence-electron chi connectivity index (χ3n) is 5.61. The van der Waals surface area contributed by atoms with Crippen molar-refractivity contribution >= 4 is 34.8 Å². The molecule has 1 aliphatic heterocycles. The van der Waals surface area contributed by atoms with E-state index in [1.54, 1.807) is 18.5 Å². The molecule has 0 N–H and O–H groups in total. The van der Waals surface area contributed by atoms with E-state index < -0.39 is 0 Å². The largest absolute Gasteiger partial charge is 0.422 e. The number of benzene rings is 1. The molecule has 1 fully saturated rings. The van der Waals surface area contributed by atoms with Crippen molar-refractivity contribution in [2.24, 2.45) is 0 Å². The van der Waals surface area contributed by atoms with Gasteiger partial charge in [-0.25, -0.2) is 14.6 Å². The number of aromatic nitrogens is 5. The lowest BCUT2D eigenvalue weighted by Crippen LogP contribution is -2.48. The number of piperazine rings is 1. The molecule has 0 radical (unpaired) electrons. The van der Waals surface area contributed by atoms with Crippen molar-refractivity contribution in [2.75, 3.05) is 31.1 Å². The lowest BCUT2D eigenvalue weighted by Gasteiger charge is -2.33. The molecule has 1 aliphatic rings.